The van der Waals surface area contributed by atoms with Gasteiger partial charge in [0.1, 0.15) is 5.76 Å². The van der Waals surface area contributed by atoms with E-state index in [0.717, 1.165) is 12.3 Å². The summed E-state index contributed by atoms with van der Waals surface area (Å²) in [5, 5.41) is 3.73. The Morgan fingerprint density at radius 2 is 2.27 bits per heavy atom. The first-order valence-corrected chi connectivity index (χ1v) is 4.74. The van der Waals surface area contributed by atoms with Crippen LogP contribution >= 0.6 is 0 Å². The van der Waals surface area contributed by atoms with Crippen LogP contribution in [0.1, 0.15) is 17.5 Å². The Morgan fingerprint density at radius 3 is 2.87 bits per heavy atom. The van der Waals surface area contributed by atoms with Crippen molar-refractivity contribution in [2.24, 2.45) is 0 Å². The fraction of sp³-hybridized carbons (Fsp3) is 0.400. The maximum absolute atomic E-state index is 5.24. The number of nitrogens with zero attached hydrogens (tertiary/aromatic N) is 3. The minimum absolute atomic E-state index is 0.626. The number of hydrogen-bond donors (Lipinski definition) is 0. The Hall–Kier alpha value is -1.62. The van der Waals surface area contributed by atoms with Crippen molar-refractivity contribution in [3.63, 3.8) is 0 Å². The Bertz CT molecular complexity index is 408. The number of aromatic nitrogens is 2. The van der Waals surface area contributed by atoms with Crippen molar-refractivity contribution in [3.8, 4) is 0 Å². The summed E-state index contributed by atoms with van der Waals surface area (Å²) in [4.78, 5) is 6.18. The van der Waals surface area contributed by atoms with Gasteiger partial charge in [-0.1, -0.05) is 5.16 Å². The lowest BCUT2D eigenvalue weighted by atomic mass is 10.4. The van der Waals surface area contributed by atoms with Gasteiger partial charge in [0.05, 0.1) is 19.4 Å². The Labute approximate surface area is 87.7 Å². The second-order valence-corrected chi connectivity index (χ2v) is 3.49. The molecular formula is C10H13N3O2. The number of furan rings is 1. The maximum atomic E-state index is 5.24. The molecule has 0 aliphatic carbocycles. The van der Waals surface area contributed by atoms with Gasteiger partial charge in [-0.25, -0.2) is 0 Å². The first-order valence-electron chi connectivity index (χ1n) is 4.74. The quantitative estimate of drug-likeness (QED) is 0.762. The van der Waals surface area contributed by atoms with E-state index in [-0.39, 0.29) is 0 Å². The highest BCUT2D eigenvalue weighted by Crippen LogP contribution is 2.06. The van der Waals surface area contributed by atoms with Gasteiger partial charge in [-0.3, -0.25) is 4.90 Å². The summed E-state index contributed by atoms with van der Waals surface area (Å²) >= 11 is 0. The summed E-state index contributed by atoms with van der Waals surface area (Å²) in [6, 6.07) is 3.82. The molecule has 0 saturated heterocycles. The van der Waals surface area contributed by atoms with Gasteiger partial charge in [0.2, 0.25) is 5.89 Å². The van der Waals surface area contributed by atoms with E-state index in [1.54, 1.807) is 13.2 Å². The van der Waals surface area contributed by atoms with E-state index in [9.17, 15) is 0 Å². The van der Waals surface area contributed by atoms with E-state index in [1.807, 2.05) is 24.1 Å². The van der Waals surface area contributed by atoms with E-state index in [1.165, 1.54) is 0 Å². The molecule has 0 fully saturated rings. The molecule has 0 radical (unpaired) electrons. The standard InChI is InChI=1S/C10H13N3O2/c1-8-11-10(15-12-8)7-13(2)6-9-4-3-5-14-9/h3-5H,6-7H2,1-2H3. The maximum Gasteiger partial charge on any atom is 0.240 e. The van der Waals surface area contributed by atoms with Crippen molar-refractivity contribution in [1.29, 1.82) is 0 Å². The zero-order valence-electron chi connectivity index (χ0n) is 8.80. The molecule has 0 saturated carbocycles. The second-order valence-electron chi connectivity index (χ2n) is 3.49. The molecule has 5 heteroatoms. The van der Waals surface area contributed by atoms with Gasteiger partial charge >= 0.3 is 0 Å². The van der Waals surface area contributed by atoms with Crippen molar-refractivity contribution in [2.45, 2.75) is 20.0 Å². The average Bonchev–Trinajstić information content (AvgIpc) is 2.77. The minimum Gasteiger partial charge on any atom is -0.468 e. The minimum atomic E-state index is 0.626. The molecule has 0 spiro atoms. The molecule has 2 heterocycles. The molecule has 0 aromatic carbocycles. The van der Waals surface area contributed by atoms with Crippen molar-refractivity contribution < 1.29 is 8.94 Å². The molecule has 80 valence electrons. The number of aryl methyl sites for hydroxylation is 1. The van der Waals surface area contributed by atoms with Gasteiger partial charge in [-0.2, -0.15) is 4.98 Å². The smallest absolute Gasteiger partial charge is 0.240 e. The normalized spacial score (nSPS) is 11.1. The third-order valence-electron chi connectivity index (χ3n) is 1.98. The van der Waals surface area contributed by atoms with Crippen LogP contribution in [0.3, 0.4) is 0 Å². The van der Waals surface area contributed by atoms with Crippen LogP contribution in [-0.4, -0.2) is 22.1 Å². The summed E-state index contributed by atoms with van der Waals surface area (Å²) in [7, 11) is 1.97. The van der Waals surface area contributed by atoms with Crippen LogP contribution in [0.4, 0.5) is 0 Å². The molecule has 0 atom stereocenters. The highest BCUT2D eigenvalue weighted by atomic mass is 16.5. The van der Waals surface area contributed by atoms with E-state index in [4.69, 9.17) is 8.94 Å². The fourth-order valence-electron chi connectivity index (χ4n) is 1.36. The van der Waals surface area contributed by atoms with Crippen molar-refractivity contribution in [1.82, 2.24) is 15.0 Å². The van der Waals surface area contributed by atoms with Gasteiger partial charge in [0.25, 0.3) is 0 Å². The molecule has 0 amide bonds. The molecule has 2 aromatic rings. The Kier molecular flexibility index (Phi) is 2.82. The second kappa shape index (κ2) is 4.27. The van der Waals surface area contributed by atoms with Crippen LogP contribution in [0, 0.1) is 6.92 Å². The monoisotopic (exact) mass is 207 g/mol. The zero-order chi connectivity index (χ0) is 10.7. The molecule has 15 heavy (non-hydrogen) atoms. The van der Waals surface area contributed by atoms with E-state index >= 15 is 0 Å². The third kappa shape index (κ3) is 2.66. The zero-order valence-corrected chi connectivity index (χ0v) is 8.80. The highest BCUT2D eigenvalue weighted by Gasteiger charge is 2.08. The van der Waals surface area contributed by atoms with Gasteiger partial charge < -0.3 is 8.94 Å². The van der Waals surface area contributed by atoms with E-state index in [2.05, 4.69) is 10.1 Å². The molecule has 0 unspecified atom stereocenters. The van der Waals surface area contributed by atoms with Crippen LogP contribution < -0.4 is 0 Å². The summed E-state index contributed by atoms with van der Waals surface area (Å²) in [5.41, 5.74) is 0. The van der Waals surface area contributed by atoms with Crippen LogP contribution in [0.2, 0.25) is 0 Å². The molecule has 2 aromatic heterocycles. The van der Waals surface area contributed by atoms with Crippen LogP contribution in [0.25, 0.3) is 0 Å². The summed E-state index contributed by atoms with van der Waals surface area (Å²) in [6.45, 7) is 3.16. The summed E-state index contributed by atoms with van der Waals surface area (Å²) < 4.78 is 10.3. The lowest BCUT2D eigenvalue weighted by Crippen LogP contribution is -2.17. The van der Waals surface area contributed by atoms with Gasteiger partial charge in [0, 0.05) is 0 Å². The molecule has 0 bridgehead atoms. The fourth-order valence-corrected chi connectivity index (χ4v) is 1.36. The first-order chi connectivity index (χ1) is 7.24. The van der Waals surface area contributed by atoms with Crippen molar-refractivity contribution in [3.05, 3.63) is 35.9 Å². The van der Waals surface area contributed by atoms with Gasteiger partial charge in [0.15, 0.2) is 5.82 Å². The lowest BCUT2D eigenvalue weighted by Gasteiger charge is -2.11. The Balaban J connectivity index is 1.90. The van der Waals surface area contributed by atoms with Crippen LogP contribution in [-0.2, 0) is 13.1 Å². The van der Waals surface area contributed by atoms with Gasteiger partial charge in [-0.05, 0) is 26.1 Å². The molecule has 0 aliphatic heterocycles. The molecule has 0 aliphatic rings. The molecule has 0 N–H and O–H groups in total. The lowest BCUT2D eigenvalue weighted by molar-refractivity contribution is 0.244. The van der Waals surface area contributed by atoms with Crippen LogP contribution in [0.5, 0.6) is 0 Å². The molecule has 5 nitrogen and oxygen atoms in total. The van der Waals surface area contributed by atoms with E-state index in [0.29, 0.717) is 18.3 Å². The largest absolute Gasteiger partial charge is 0.468 e. The first kappa shape index (κ1) is 9.92. The molecule has 2 rings (SSSR count). The topological polar surface area (TPSA) is 55.3 Å². The van der Waals surface area contributed by atoms with Gasteiger partial charge in [-0.15, -0.1) is 0 Å². The highest BCUT2D eigenvalue weighted by molar-refractivity contribution is 4.97. The van der Waals surface area contributed by atoms with Crippen molar-refractivity contribution >= 4 is 0 Å². The summed E-state index contributed by atoms with van der Waals surface area (Å²) in [5.74, 6) is 2.21. The number of hydrogen-bond acceptors (Lipinski definition) is 5. The Morgan fingerprint density at radius 1 is 1.40 bits per heavy atom. The predicted octanol–water partition coefficient (Wildman–Crippen LogP) is 1.60. The van der Waals surface area contributed by atoms with Crippen molar-refractivity contribution in [2.75, 3.05) is 7.05 Å². The van der Waals surface area contributed by atoms with E-state index < -0.39 is 0 Å². The van der Waals surface area contributed by atoms with Crippen LogP contribution in [0.15, 0.2) is 27.3 Å². The SMILES string of the molecule is Cc1noc(CN(C)Cc2ccco2)n1. The molecular weight excluding hydrogens is 194 g/mol. The summed E-state index contributed by atoms with van der Waals surface area (Å²) in [6.07, 6.45) is 1.67. The third-order valence-corrected chi connectivity index (χ3v) is 1.98. The number of rotatable bonds is 4. The predicted molar refractivity (Wildman–Crippen MR) is 52.9 cm³/mol. The average molecular weight is 207 g/mol.